The fourth-order valence-electron chi connectivity index (χ4n) is 4.66. The van der Waals surface area contributed by atoms with Gasteiger partial charge in [0.1, 0.15) is 0 Å². The maximum Gasteiger partial charge on any atom is 0.231 e. The van der Waals surface area contributed by atoms with Crippen LogP contribution in [0.4, 0.5) is 0 Å². The first-order valence-corrected chi connectivity index (χ1v) is 10.9. The van der Waals surface area contributed by atoms with Crippen LogP contribution >= 0.6 is 11.6 Å². The van der Waals surface area contributed by atoms with Gasteiger partial charge in [-0.05, 0) is 54.2 Å². The van der Waals surface area contributed by atoms with Crippen LogP contribution in [-0.4, -0.2) is 48.8 Å². The van der Waals surface area contributed by atoms with Crippen LogP contribution in [0.25, 0.3) is 5.57 Å². The maximum atomic E-state index is 6.33. The van der Waals surface area contributed by atoms with E-state index in [1.165, 1.54) is 23.1 Å². The molecule has 2 aromatic rings. The van der Waals surface area contributed by atoms with Crippen molar-refractivity contribution in [2.45, 2.75) is 31.8 Å². The van der Waals surface area contributed by atoms with E-state index in [-0.39, 0.29) is 0 Å². The van der Waals surface area contributed by atoms with E-state index in [2.05, 4.69) is 40.1 Å². The van der Waals surface area contributed by atoms with Gasteiger partial charge >= 0.3 is 0 Å². The lowest BCUT2D eigenvalue weighted by Gasteiger charge is -2.40. The van der Waals surface area contributed by atoms with Gasteiger partial charge in [-0.3, -0.25) is 9.80 Å². The molecule has 4 nitrogen and oxygen atoms in total. The number of allylic oxidation sites excluding steroid dienone is 1. The van der Waals surface area contributed by atoms with Gasteiger partial charge in [-0.1, -0.05) is 41.9 Å². The predicted molar refractivity (Wildman–Crippen MR) is 116 cm³/mol. The molecule has 1 atom stereocenters. The number of rotatable bonds is 4. The number of hydrogen-bond donors (Lipinski definition) is 0. The van der Waals surface area contributed by atoms with E-state index in [4.69, 9.17) is 21.1 Å². The van der Waals surface area contributed by atoms with Gasteiger partial charge in [-0.2, -0.15) is 0 Å². The van der Waals surface area contributed by atoms with E-state index in [1.54, 1.807) is 0 Å². The van der Waals surface area contributed by atoms with E-state index in [0.29, 0.717) is 12.8 Å². The monoisotopic (exact) mass is 410 g/mol. The third-order valence-electron chi connectivity index (χ3n) is 6.40. The minimum atomic E-state index is 0.336. The number of halogens is 1. The smallest absolute Gasteiger partial charge is 0.231 e. The summed E-state index contributed by atoms with van der Waals surface area (Å²) in [5.41, 5.74) is 3.95. The summed E-state index contributed by atoms with van der Waals surface area (Å²) < 4.78 is 11.0. The second-order valence-electron chi connectivity index (χ2n) is 8.13. The van der Waals surface area contributed by atoms with E-state index in [0.717, 1.165) is 62.1 Å². The molecule has 2 aliphatic heterocycles. The minimum Gasteiger partial charge on any atom is -0.454 e. The molecule has 2 heterocycles. The lowest BCUT2D eigenvalue weighted by Crippen LogP contribution is -2.50. The van der Waals surface area contributed by atoms with Crippen LogP contribution in [0.3, 0.4) is 0 Å². The molecule has 0 spiro atoms. The second kappa shape index (κ2) is 8.39. The SMILES string of the molecule is Clc1ccccc1CN1CCN(C2CC=C(c3ccc4c(c3)OCO4)CC2)CC1. The van der Waals surface area contributed by atoms with Crippen LogP contribution in [0.1, 0.15) is 30.4 Å². The van der Waals surface area contributed by atoms with Crippen molar-refractivity contribution in [1.82, 2.24) is 9.80 Å². The Morgan fingerprint density at radius 2 is 1.79 bits per heavy atom. The highest BCUT2D eigenvalue weighted by molar-refractivity contribution is 6.31. The van der Waals surface area contributed by atoms with Crippen molar-refractivity contribution in [2.24, 2.45) is 0 Å². The molecule has 0 aromatic heterocycles. The summed E-state index contributed by atoms with van der Waals surface area (Å²) >= 11 is 6.33. The number of ether oxygens (including phenoxy) is 2. The molecule has 0 N–H and O–H groups in total. The quantitative estimate of drug-likeness (QED) is 0.721. The first-order valence-electron chi connectivity index (χ1n) is 10.5. The third-order valence-corrected chi connectivity index (χ3v) is 6.77. The van der Waals surface area contributed by atoms with Crippen molar-refractivity contribution in [3.63, 3.8) is 0 Å². The summed E-state index contributed by atoms with van der Waals surface area (Å²) in [6.07, 6.45) is 5.92. The Morgan fingerprint density at radius 1 is 0.966 bits per heavy atom. The normalized spacial score (nSPS) is 22.5. The zero-order valence-electron chi connectivity index (χ0n) is 16.6. The molecular weight excluding hydrogens is 384 g/mol. The molecule has 1 aliphatic carbocycles. The molecule has 0 amide bonds. The highest BCUT2D eigenvalue weighted by atomic mass is 35.5. The molecular formula is C24H27ClN2O2. The minimum absolute atomic E-state index is 0.336. The summed E-state index contributed by atoms with van der Waals surface area (Å²) in [4.78, 5) is 5.20. The molecule has 1 saturated heterocycles. The van der Waals surface area contributed by atoms with Gasteiger partial charge in [-0.15, -0.1) is 0 Å². The van der Waals surface area contributed by atoms with E-state index in [9.17, 15) is 0 Å². The van der Waals surface area contributed by atoms with Crippen molar-refractivity contribution in [3.8, 4) is 11.5 Å². The molecule has 1 fully saturated rings. The second-order valence-corrected chi connectivity index (χ2v) is 8.54. The van der Waals surface area contributed by atoms with Crippen molar-refractivity contribution in [2.75, 3.05) is 33.0 Å². The summed E-state index contributed by atoms with van der Waals surface area (Å²) in [5.74, 6) is 1.73. The number of piperazine rings is 1. The van der Waals surface area contributed by atoms with Crippen molar-refractivity contribution in [3.05, 3.63) is 64.7 Å². The zero-order chi connectivity index (χ0) is 19.6. The van der Waals surface area contributed by atoms with E-state index in [1.807, 2.05) is 18.2 Å². The Labute approximate surface area is 177 Å². The molecule has 2 aromatic carbocycles. The Bertz CT molecular complexity index is 906. The largest absolute Gasteiger partial charge is 0.454 e. The van der Waals surface area contributed by atoms with Gasteiger partial charge in [-0.25, -0.2) is 0 Å². The van der Waals surface area contributed by atoms with Gasteiger partial charge < -0.3 is 9.47 Å². The van der Waals surface area contributed by atoms with Crippen LogP contribution in [0.2, 0.25) is 5.02 Å². The lowest BCUT2D eigenvalue weighted by molar-refractivity contribution is 0.0881. The Balaban J connectivity index is 1.15. The predicted octanol–water partition coefficient (Wildman–Crippen LogP) is 4.82. The maximum absolute atomic E-state index is 6.33. The molecule has 5 rings (SSSR count). The average Bonchev–Trinajstić information content (AvgIpc) is 3.24. The Kier molecular flexibility index (Phi) is 5.49. The number of benzene rings is 2. The van der Waals surface area contributed by atoms with Gasteiger partial charge in [0.05, 0.1) is 0 Å². The van der Waals surface area contributed by atoms with Crippen molar-refractivity contribution >= 4 is 17.2 Å². The topological polar surface area (TPSA) is 24.9 Å². The van der Waals surface area contributed by atoms with Gasteiger partial charge in [0, 0.05) is 43.8 Å². The average molecular weight is 411 g/mol. The molecule has 5 heteroatoms. The standard InChI is InChI=1S/C24H27ClN2O2/c25-22-4-2-1-3-20(22)16-26-11-13-27(14-12-26)21-8-5-18(6-9-21)19-7-10-23-24(15-19)29-17-28-23/h1-5,7,10,15,21H,6,8-9,11-14,16-17H2. The molecule has 3 aliphatic rings. The van der Waals surface area contributed by atoms with Crippen LogP contribution in [-0.2, 0) is 6.54 Å². The fourth-order valence-corrected chi connectivity index (χ4v) is 4.86. The zero-order valence-corrected chi connectivity index (χ0v) is 17.4. The summed E-state index contributed by atoms with van der Waals surface area (Å²) in [7, 11) is 0. The molecule has 1 unspecified atom stereocenters. The van der Waals surface area contributed by atoms with E-state index >= 15 is 0 Å². The van der Waals surface area contributed by atoms with Crippen LogP contribution in [0.5, 0.6) is 11.5 Å². The summed E-state index contributed by atoms with van der Waals surface area (Å²) in [6, 6.07) is 15.2. The Morgan fingerprint density at radius 3 is 2.59 bits per heavy atom. The summed E-state index contributed by atoms with van der Waals surface area (Å²) in [6.45, 7) is 5.79. The molecule has 29 heavy (non-hydrogen) atoms. The molecule has 0 saturated carbocycles. The number of fused-ring (bicyclic) bond motifs is 1. The molecule has 0 radical (unpaired) electrons. The van der Waals surface area contributed by atoms with Gasteiger partial charge in [0.15, 0.2) is 11.5 Å². The highest BCUT2D eigenvalue weighted by Crippen LogP contribution is 2.37. The first-order chi connectivity index (χ1) is 14.3. The van der Waals surface area contributed by atoms with E-state index < -0.39 is 0 Å². The fraction of sp³-hybridized carbons (Fsp3) is 0.417. The Hall–Kier alpha value is -2.01. The van der Waals surface area contributed by atoms with Crippen LogP contribution < -0.4 is 9.47 Å². The van der Waals surface area contributed by atoms with Crippen LogP contribution in [0, 0.1) is 0 Å². The van der Waals surface area contributed by atoms with Gasteiger partial charge in [0.25, 0.3) is 0 Å². The van der Waals surface area contributed by atoms with Crippen LogP contribution in [0.15, 0.2) is 48.5 Å². The lowest BCUT2D eigenvalue weighted by atomic mass is 9.89. The van der Waals surface area contributed by atoms with Crippen molar-refractivity contribution < 1.29 is 9.47 Å². The first kappa shape index (κ1) is 19.0. The summed E-state index contributed by atoms with van der Waals surface area (Å²) in [5, 5.41) is 0.878. The number of nitrogens with zero attached hydrogens (tertiary/aromatic N) is 2. The number of hydrogen-bond acceptors (Lipinski definition) is 4. The van der Waals surface area contributed by atoms with Crippen molar-refractivity contribution in [1.29, 1.82) is 0 Å². The third kappa shape index (κ3) is 4.16. The molecule has 0 bridgehead atoms. The van der Waals surface area contributed by atoms with Gasteiger partial charge in [0.2, 0.25) is 6.79 Å². The highest BCUT2D eigenvalue weighted by Gasteiger charge is 2.26. The molecule has 152 valence electrons.